The molecular weight excluding hydrogens is 730 g/mol. The predicted octanol–water partition coefficient (Wildman–Crippen LogP) is 8.05. The van der Waals surface area contributed by atoms with Crippen molar-refractivity contribution in [1.29, 1.82) is 0 Å². The quantitative estimate of drug-likeness (QED) is 0.135. The predicted molar refractivity (Wildman–Crippen MR) is 190 cm³/mol. The van der Waals surface area contributed by atoms with Crippen LogP contribution in [0.15, 0.2) is 75.7 Å². The van der Waals surface area contributed by atoms with Crippen LogP contribution in [0.1, 0.15) is 71.5 Å². The molecule has 2 atom stereocenters. The summed E-state index contributed by atoms with van der Waals surface area (Å²) in [4.78, 5) is 13.9. The van der Waals surface area contributed by atoms with Crippen molar-refractivity contribution in [3.8, 4) is 0 Å². The Bertz CT molecular complexity index is 1370. The third-order valence-corrected chi connectivity index (χ3v) is 11.2. The molecule has 1 aliphatic carbocycles. The Kier molecular flexibility index (Phi) is 13.0. The van der Waals surface area contributed by atoms with Crippen LogP contribution in [0.4, 0.5) is 5.69 Å². The molecule has 11 heteroatoms. The highest BCUT2D eigenvalue weighted by Crippen LogP contribution is 2.50. The van der Waals surface area contributed by atoms with E-state index in [0.717, 1.165) is 64.2 Å². The Hall–Kier alpha value is -1.63. The molecule has 2 aliphatic rings. The third kappa shape index (κ3) is 9.45. The zero-order valence-electron chi connectivity index (χ0n) is 24.6. The van der Waals surface area contributed by atoms with Crippen LogP contribution in [0.3, 0.4) is 0 Å². The number of nitrogens with zero attached hydrogens (tertiary/aromatic N) is 1. The number of carbonyl (C=O) groups is 1. The number of hydrogen-bond donors (Lipinski definition) is 5. The summed E-state index contributed by atoms with van der Waals surface area (Å²) in [6.45, 7) is 1.41. The topological polar surface area (TPSA) is 105 Å². The van der Waals surface area contributed by atoms with Crippen molar-refractivity contribution in [3.63, 3.8) is 0 Å². The zero-order chi connectivity index (χ0) is 30.4. The maximum Gasteiger partial charge on any atom is 0.251 e. The number of aliphatic hydroxyl groups is 1. The van der Waals surface area contributed by atoms with Crippen LogP contribution in [0.25, 0.3) is 0 Å². The second-order valence-electron chi connectivity index (χ2n) is 11.7. The molecule has 1 saturated heterocycles. The number of amides is 1. The van der Waals surface area contributed by atoms with Crippen LogP contribution in [-0.4, -0.2) is 51.1 Å². The van der Waals surface area contributed by atoms with Crippen LogP contribution in [0.5, 0.6) is 0 Å². The van der Waals surface area contributed by atoms with Gasteiger partial charge in [-0.1, -0.05) is 75.0 Å². The Morgan fingerprint density at radius 3 is 2.32 bits per heavy atom. The maximum atomic E-state index is 13.9. The van der Waals surface area contributed by atoms with E-state index in [1.54, 1.807) is 10.4 Å². The van der Waals surface area contributed by atoms with Crippen LogP contribution >= 0.6 is 55.0 Å². The van der Waals surface area contributed by atoms with Gasteiger partial charge >= 0.3 is 0 Å². The summed E-state index contributed by atoms with van der Waals surface area (Å²) in [6, 6.07) is 21.1. The fraction of sp³-hybridized carbons (Fsp3) is 0.424. The van der Waals surface area contributed by atoms with Crippen molar-refractivity contribution >= 4 is 66.6 Å². The number of carbonyl (C=O) groups excluding carboxylic acids is 1. The number of nitrogens with one attached hydrogen (secondary N) is 2. The SMILES string of the molecule is Cl.O=C(N[C@@H](Cc1ccccc1)[C@H](O)CNCc1cc(Br)cc(Br)c1)c1cc(C2CCCC2)cc(N2CCCCS2(O)O)c1. The summed E-state index contributed by atoms with van der Waals surface area (Å²) in [5, 5.41) is 17.8. The van der Waals surface area contributed by atoms with Crippen molar-refractivity contribution in [2.75, 3.05) is 23.1 Å². The molecule has 1 saturated carbocycles. The molecule has 1 aliphatic heterocycles. The lowest BCUT2D eigenvalue weighted by Crippen LogP contribution is -2.48. The van der Waals surface area contributed by atoms with E-state index in [1.807, 2.05) is 60.7 Å². The van der Waals surface area contributed by atoms with Gasteiger partial charge in [-0.05, 0) is 91.1 Å². The smallest absolute Gasteiger partial charge is 0.251 e. The first kappa shape index (κ1) is 35.2. The molecule has 2 fully saturated rings. The minimum absolute atomic E-state index is 0. The minimum atomic E-state index is -2.93. The first-order valence-corrected chi connectivity index (χ1v) is 18.3. The second kappa shape index (κ2) is 16.3. The van der Waals surface area contributed by atoms with Gasteiger partial charge in [0.05, 0.1) is 23.6 Å². The summed E-state index contributed by atoms with van der Waals surface area (Å²) in [6.07, 6.45) is 5.73. The normalized spacial score (nSPS) is 18.7. The van der Waals surface area contributed by atoms with Crippen molar-refractivity contribution in [3.05, 3.63) is 97.9 Å². The van der Waals surface area contributed by atoms with Gasteiger partial charge in [-0.2, -0.15) is 0 Å². The van der Waals surface area contributed by atoms with Crippen LogP contribution in [-0.2, 0) is 13.0 Å². The van der Waals surface area contributed by atoms with E-state index in [-0.39, 0.29) is 18.3 Å². The average molecular weight is 772 g/mol. The van der Waals surface area contributed by atoms with E-state index < -0.39 is 22.9 Å². The van der Waals surface area contributed by atoms with E-state index in [9.17, 15) is 19.0 Å². The average Bonchev–Trinajstić information content (AvgIpc) is 3.52. The van der Waals surface area contributed by atoms with Crippen molar-refractivity contribution in [2.24, 2.45) is 0 Å². The van der Waals surface area contributed by atoms with Crippen LogP contribution < -0.4 is 14.9 Å². The highest BCUT2D eigenvalue weighted by molar-refractivity contribution is 9.11. The summed E-state index contributed by atoms with van der Waals surface area (Å²) >= 11 is 7.04. The van der Waals surface area contributed by atoms with Crippen LogP contribution in [0.2, 0.25) is 0 Å². The van der Waals surface area contributed by atoms with E-state index in [4.69, 9.17) is 0 Å². The van der Waals surface area contributed by atoms with E-state index >= 15 is 0 Å². The first-order chi connectivity index (χ1) is 20.7. The second-order valence-corrected chi connectivity index (χ2v) is 15.6. The van der Waals surface area contributed by atoms with E-state index in [2.05, 4.69) is 42.5 Å². The van der Waals surface area contributed by atoms with Gasteiger partial charge in [0.2, 0.25) is 0 Å². The first-order valence-electron chi connectivity index (χ1n) is 15.0. The fourth-order valence-corrected chi connectivity index (χ4v) is 9.20. The highest BCUT2D eigenvalue weighted by Gasteiger charge is 2.30. The number of benzene rings is 3. The Labute approximate surface area is 285 Å². The zero-order valence-corrected chi connectivity index (χ0v) is 29.4. The number of hydrogen-bond acceptors (Lipinski definition) is 6. The molecule has 5 N–H and O–H groups in total. The van der Waals surface area contributed by atoms with Gasteiger partial charge in [-0.25, -0.2) is 0 Å². The molecule has 0 bridgehead atoms. The number of anilines is 1. The standard InChI is InChI=1S/C33H41Br2N3O4S.ClH/c34-28-14-24(15-29(35)20-28)21-36-22-32(39)31(16-23-8-2-1-3-9-23)37-33(40)27-17-26(25-10-4-5-11-25)18-30(19-27)38-12-6-7-13-43(38,41)42;/h1-3,8-9,14-15,17-20,25,31-32,36,39,41-42H,4-7,10-13,16,21-22H2,(H,37,40);1H/t31-,32+;/m0./s1. The largest absolute Gasteiger partial charge is 0.390 e. The molecule has 0 spiro atoms. The van der Waals surface area contributed by atoms with Gasteiger partial charge in [0.15, 0.2) is 0 Å². The Morgan fingerprint density at radius 1 is 0.932 bits per heavy atom. The third-order valence-electron chi connectivity index (χ3n) is 8.38. The molecule has 44 heavy (non-hydrogen) atoms. The Morgan fingerprint density at radius 2 is 1.64 bits per heavy atom. The molecule has 7 nitrogen and oxygen atoms in total. The number of halogens is 3. The van der Waals surface area contributed by atoms with Gasteiger partial charge in [0.25, 0.3) is 5.91 Å². The van der Waals surface area contributed by atoms with Crippen molar-refractivity contribution < 1.29 is 19.0 Å². The summed E-state index contributed by atoms with van der Waals surface area (Å²) < 4.78 is 25.4. The van der Waals surface area contributed by atoms with Gasteiger partial charge in [0.1, 0.15) is 0 Å². The maximum absolute atomic E-state index is 13.9. The molecule has 1 amide bonds. The number of aliphatic hydroxyl groups excluding tert-OH is 1. The van der Waals surface area contributed by atoms with Gasteiger partial charge < -0.3 is 15.7 Å². The summed E-state index contributed by atoms with van der Waals surface area (Å²) in [5.41, 5.74) is 4.33. The molecule has 5 rings (SSSR count). The molecular formula is C33H42Br2ClN3O4S. The summed E-state index contributed by atoms with van der Waals surface area (Å²) in [5.74, 6) is 0.425. The van der Waals surface area contributed by atoms with Crippen molar-refractivity contribution in [2.45, 2.75) is 69.6 Å². The number of rotatable bonds is 11. The van der Waals surface area contributed by atoms with E-state index in [1.165, 1.54) is 0 Å². The highest BCUT2D eigenvalue weighted by atomic mass is 79.9. The van der Waals surface area contributed by atoms with Crippen LogP contribution in [0, 0.1) is 0 Å². The molecule has 240 valence electrons. The molecule has 3 aromatic carbocycles. The molecule has 1 heterocycles. The van der Waals surface area contributed by atoms with E-state index in [0.29, 0.717) is 49.0 Å². The summed E-state index contributed by atoms with van der Waals surface area (Å²) in [7, 11) is -2.93. The molecule has 0 aromatic heterocycles. The van der Waals surface area contributed by atoms with Crippen molar-refractivity contribution in [1.82, 2.24) is 10.6 Å². The lowest BCUT2D eigenvalue weighted by Gasteiger charge is -2.47. The fourth-order valence-electron chi connectivity index (χ4n) is 6.13. The van der Waals surface area contributed by atoms with Gasteiger partial charge in [0, 0.05) is 34.1 Å². The lowest BCUT2D eigenvalue weighted by atomic mass is 9.94. The lowest BCUT2D eigenvalue weighted by molar-refractivity contribution is 0.0830. The van der Waals surface area contributed by atoms with Gasteiger partial charge in [-0.3, -0.25) is 18.2 Å². The molecule has 0 radical (unpaired) electrons. The Balaban J connectivity index is 0.00000442. The monoisotopic (exact) mass is 769 g/mol. The molecule has 0 unspecified atom stereocenters. The minimum Gasteiger partial charge on any atom is -0.390 e. The molecule has 3 aromatic rings. The van der Waals surface area contributed by atoms with Gasteiger partial charge in [-0.15, -0.1) is 23.2 Å².